The number of piperazine rings is 1. The summed E-state index contributed by atoms with van der Waals surface area (Å²) in [5.74, 6) is 0.959. The molecule has 2 aromatic carbocycles. The van der Waals surface area contributed by atoms with Gasteiger partial charge in [0.25, 0.3) is 0 Å². The van der Waals surface area contributed by atoms with Crippen molar-refractivity contribution in [2.45, 2.75) is 13.3 Å². The Morgan fingerprint density at radius 3 is 2.35 bits per heavy atom. The number of carbonyl (C=O) groups excluding carboxylic acids is 1. The van der Waals surface area contributed by atoms with E-state index in [0.29, 0.717) is 6.42 Å². The summed E-state index contributed by atoms with van der Waals surface area (Å²) in [5.41, 5.74) is 2.99. The Hall–Kier alpha value is -2.95. The molecule has 0 atom stereocenters. The molecule has 0 radical (unpaired) electrons. The Labute approximate surface area is 153 Å². The first-order chi connectivity index (χ1) is 12.8. The lowest BCUT2D eigenvalue weighted by Gasteiger charge is -2.34. The topological polar surface area (TPSA) is 49.3 Å². The van der Waals surface area contributed by atoms with Gasteiger partial charge in [0.1, 0.15) is 0 Å². The molecule has 5 heteroatoms. The number of hydrogen-bond donors (Lipinski definition) is 0. The van der Waals surface area contributed by atoms with Gasteiger partial charge in [-0.15, -0.1) is 0 Å². The first kappa shape index (κ1) is 16.5. The highest BCUT2D eigenvalue weighted by Gasteiger charge is 2.22. The molecule has 0 N–H and O–H groups in total. The molecule has 1 aliphatic heterocycles. The monoisotopic (exact) mass is 346 g/mol. The Bertz CT molecular complexity index is 918. The van der Waals surface area contributed by atoms with Gasteiger partial charge in [-0.05, 0) is 6.07 Å². The molecule has 26 heavy (non-hydrogen) atoms. The van der Waals surface area contributed by atoms with Crippen LogP contribution >= 0.6 is 0 Å². The van der Waals surface area contributed by atoms with Crippen molar-refractivity contribution in [1.29, 1.82) is 0 Å². The average molecular weight is 346 g/mol. The van der Waals surface area contributed by atoms with Crippen LogP contribution < -0.4 is 4.90 Å². The molecule has 2 heterocycles. The Morgan fingerprint density at radius 1 is 0.923 bits per heavy atom. The molecular weight excluding hydrogens is 324 g/mol. The standard InChI is InChI=1S/C21H22N4O/c1-2-19(26)24-12-14-25(15-13-24)21-22-18-11-7-6-10-17(18)20(23-21)16-8-4-3-5-9-16/h3-11H,2,12-15H2,1H3. The van der Waals surface area contributed by atoms with Gasteiger partial charge in [0, 0.05) is 43.5 Å². The summed E-state index contributed by atoms with van der Waals surface area (Å²) >= 11 is 0. The average Bonchev–Trinajstić information content (AvgIpc) is 2.73. The number of hydrogen-bond acceptors (Lipinski definition) is 4. The van der Waals surface area contributed by atoms with Crippen molar-refractivity contribution in [1.82, 2.24) is 14.9 Å². The van der Waals surface area contributed by atoms with Gasteiger partial charge in [-0.2, -0.15) is 0 Å². The first-order valence-electron chi connectivity index (χ1n) is 9.11. The number of nitrogens with zero attached hydrogens (tertiary/aromatic N) is 4. The predicted octanol–water partition coefficient (Wildman–Crippen LogP) is 3.36. The maximum atomic E-state index is 11.9. The van der Waals surface area contributed by atoms with Gasteiger partial charge in [0.2, 0.25) is 11.9 Å². The number of fused-ring (bicyclic) bond motifs is 1. The number of amides is 1. The molecule has 1 saturated heterocycles. The van der Waals surface area contributed by atoms with Crippen molar-refractivity contribution >= 4 is 22.8 Å². The summed E-state index contributed by atoms with van der Waals surface area (Å²) in [6.07, 6.45) is 0.560. The van der Waals surface area contributed by atoms with E-state index in [4.69, 9.17) is 9.97 Å². The third-order valence-corrected chi connectivity index (χ3v) is 4.86. The van der Waals surface area contributed by atoms with E-state index >= 15 is 0 Å². The third kappa shape index (κ3) is 3.12. The van der Waals surface area contributed by atoms with E-state index in [1.54, 1.807) is 0 Å². The molecule has 0 aliphatic carbocycles. The fourth-order valence-corrected chi connectivity index (χ4v) is 3.40. The smallest absolute Gasteiger partial charge is 0.226 e. The molecule has 1 aliphatic rings. The van der Waals surface area contributed by atoms with Gasteiger partial charge in [-0.3, -0.25) is 4.79 Å². The van der Waals surface area contributed by atoms with Crippen LogP contribution in [0.25, 0.3) is 22.2 Å². The molecular formula is C21H22N4O. The van der Waals surface area contributed by atoms with Crippen molar-refractivity contribution in [2.24, 2.45) is 0 Å². The Balaban J connectivity index is 1.70. The zero-order chi connectivity index (χ0) is 17.9. The van der Waals surface area contributed by atoms with E-state index < -0.39 is 0 Å². The fraction of sp³-hybridized carbons (Fsp3) is 0.286. The van der Waals surface area contributed by atoms with Gasteiger partial charge >= 0.3 is 0 Å². The van der Waals surface area contributed by atoms with Crippen molar-refractivity contribution in [2.75, 3.05) is 31.1 Å². The lowest BCUT2D eigenvalue weighted by Crippen LogP contribution is -2.49. The van der Waals surface area contributed by atoms with E-state index in [-0.39, 0.29) is 5.91 Å². The molecule has 132 valence electrons. The Morgan fingerprint density at radius 2 is 1.62 bits per heavy atom. The van der Waals surface area contributed by atoms with E-state index in [1.165, 1.54) is 0 Å². The summed E-state index contributed by atoms with van der Waals surface area (Å²) in [6.45, 7) is 4.89. The fourth-order valence-electron chi connectivity index (χ4n) is 3.40. The van der Waals surface area contributed by atoms with Crippen molar-refractivity contribution in [3.05, 3.63) is 54.6 Å². The summed E-state index contributed by atoms with van der Waals surface area (Å²) in [7, 11) is 0. The Kier molecular flexibility index (Phi) is 4.52. The van der Waals surface area contributed by atoms with Crippen LogP contribution in [0.2, 0.25) is 0 Å². The van der Waals surface area contributed by atoms with Crippen LogP contribution in [0, 0.1) is 0 Å². The minimum atomic E-state index is 0.217. The van der Waals surface area contributed by atoms with Crippen LogP contribution in [0.1, 0.15) is 13.3 Å². The number of rotatable bonds is 3. The highest BCUT2D eigenvalue weighted by atomic mass is 16.2. The van der Waals surface area contributed by atoms with Crippen LogP contribution in [-0.2, 0) is 4.79 Å². The number of anilines is 1. The lowest BCUT2D eigenvalue weighted by molar-refractivity contribution is -0.131. The molecule has 1 aromatic heterocycles. The summed E-state index contributed by atoms with van der Waals surface area (Å²) in [4.78, 5) is 25.7. The molecule has 0 bridgehead atoms. The molecule has 1 fully saturated rings. The molecule has 0 unspecified atom stereocenters. The third-order valence-electron chi connectivity index (χ3n) is 4.86. The molecule has 1 amide bonds. The van der Waals surface area contributed by atoms with E-state index in [2.05, 4.69) is 23.1 Å². The van der Waals surface area contributed by atoms with Crippen molar-refractivity contribution < 1.29 is 4.79 Å². The largest absolute Gasteiger partial charge is 0.339 e. The second-order valence-corrected chi connectivity index (χ2v) is 6.48. The molecule has 0 spiro atoms. The van der Waals surface area contributed by atoms with Gasteiger partial charge in [0.15, 0.2) is 0 Å². The molecule has 3 aromatic rings. The highest BCUT2D eigenvalue weighted by molar-refractivity contribution is 5.93. The van der Waals surface area contributed by atoms with Crippen LogP contribution in [0.15, 0.2) is 54.6 Å². The van der Waals surface area contributed by atoms with Gasteiger partial charge in [0.05, 0.1) is 11.2 Å². The predicted molar refractivity (Wildman–Crippen MR) is 104 cm³/mol. The van der Waals surface area contributed by atoms with Crippen LogP contribution in [0.3, 0.4) is 0 Å². The van der Waals surface area contributed by atoms with Gasteiger partial charge in [-0.25, -0.2) is 9.97 Å². The summed E-state index contributed by atoms with van der Waals surface area (Å²) < 4.78 is 0. The van der Waals surface area contributed by atoms with Crippen molar-refractivity contribution in [3.8, 4) is 11.3 Å². The zero-order valence-electron chi connectivity index (χ0n) is 14.9. The van der Waals surface area contributed by atoms with Crippen LogP contribution in [-0.4, -0.2) is 47.0 Å². The minimum Gasteiger partial charge on any atom is -0.339 e. The van der Waals surface area contributed by atoms with Gasteiger partial charge in [-0.1, -0.05) is 55.5 Å². The second-order valence-electron chi connectivity index (χ2n) is 6.48. The van der Waals surface area contributed by atoms with E-state index in [9.17, 15) is 4.79 Å². The summed E-state index contributed by atoms with van der Waals surface area (Å²) in [6, 6.07) is 18.4. The first-order valence-corrected chi connectivity index (χ1v) is 9.11. The number of para-hydroxylation sites is 1. The quantitative estimate of drug-likeness (QED) is 0.730. The maximum Gasteiger partial charge on any atom is 0.226 e. The van der Waals surface area contributed by atoms with Crippen LogP contribution in [0.4, 0.5) is 5.95 Å². The zero-order valence-corrected chi connectivity index (χ0v) is 14.9. The van der Waals surface area contributed by atoms with E-state index in [0.717, 1.165) is 54.3 Å². The minimum absolute atomic E-state index is 0.217. The van der Waals surface area contributed by atoms with Gasteiger partial charge < -0.3 is 9.80 Å². The summed E-state index contributed by atoms with van der Waals surface area (Å²) in [5, 5.41) is 1.06. The number of carbonyl (C=O) groups is 1. The normalized spacial score (nSPS) is 14.7. The molecule has 0 saturated carbocycles. The van der Waals surface area contributed by atoms with Crippen LogP contribution in [0.5, 0.6) is 0 Å². The second kappa shape index (κ2) is 7.12. The number of benzene rings is 2. The SMILES string of the molecule is CCC(=O)N1CCN(c2nc(-c3ccccc3)c3ccccc3n2)CC1. The molecule has 5 nitrogen and oxygen atoms in total. The molecule has 4 rings (SSSR count). The lowest BCUT2D eigenvalue weighted by atomic mass is 10.1. The maximum absolute atomic E-state index is 11.9. The van der Waals surface area contributed by atoms with Crippen molar-refractivity contribution in [3.63, 3.8) is 0 Å². The number of aromatic nitrogens is 2. The highest BCUT2D eigenvalue weighted by Crippen LogP contribution is 2.28. The van der Waals surface area contributed by atoms with E-state index in [1.807, 2.05) is 48.2 Å².